The molecule has 0 radical (unpaired) electrons. The van der Waals surface area contributed by atoms with Crippen molar-refractivity contribution in [1.29, 1.82) is 0 Å². The summed E-state index contributed by atoms with van der Waals surface area (Å²) in [7, 11) is 5.18. The Bertz CT molecular complexity index is 907. The molecule has 1 saturated heterocycles. The summed E-state index contributed by atoms with van der Waals surface area (Å²) >= 11 is 0. The van der Waals surface area contributed by atoms with E-state index in [4.69, 9.17) is 14.2 Å². The van der Waals surface area contributed by atoms with Gasteiger partial charge in [0.2, 0.25) is 0 Å². The smallest absolute Gasteiger partial charge is 0.190 e. The number of ether oxygens (including phenoxy) is 3. The van der Waals surface area contributed by atoms with Crippen molar-refractivity contribution in [2.45, 2.75) is 52.6 Å². The van der Waals surface area contributed by atoms with Gasteiger partial charge >= 0.3 is 0 Å². The second-order valence-electron chi connectivity index (χ2n) is 9.63. The largest absolute Gasteiger partial charge is 0.497 e. The van der Waals surface area contributed by atoms with Gasteiger partial charge in [-0.15, -0.1) is 24.0 Å². The van der Waals surface area contributed by atoms with E-state index in [-0.39, 0.29) is 35.5 Å². The molecule has 8 heteroatoms. The molecule has 1 aromatic carbocycles. The van der Waals surface area contributed by atoms with E-state index >= 15 is 0 Å². The van der Waals surface area contributed by atoms with Crippen LogP contribution in [0.2, 0.25) is 0 Å². The van der Waals surface area contributed by atoms with Crippen molar-refractivity contribution in [3.63, 3.8) is 0 Å². The summed E-state index contributed by atoms with van der Waals surface area (Å²) in [4.78, 5) is 7.88. The number of aromatic nitrogens is 1. The Morgan fingerprint density at radius 2 is 1.97 bits per heavy atom. The number of nitrogens with zero attached hydrogens (tertiary/aromatic N) is 1. The van der Waals surface area contributed by atoms with Crippen LogP contribution in [0.3, 0.4) is 0 Å². The van der Waals surface area contributed by atoms with E-state index in [2.05, 4.69) is 47.4 Å². The molecule has 2 aromatic rings. The third kappa shape index (κ3) is 7.40. The van der Waals surface area contributed by atoms with Gasteiger partial charge in [-0.25, -0.2) is 0 Å². The van der Waals surface area contributed by atoms with Crippen LogP contribution in [0.4, 0.5) is 0 Å². The number of benzene rings is 1. The number of methoxy groups -OCH3 is 2. The van der Waals surface area contributed by atoms with Gasteiger partial charge in [-0.3, -0.25) is 4.99 Å². The number of H-pyrrole nitrogens is 1. The Labute approximate surface area is 215 Å². The number of halogens is 1. The summed E-state index contributed by atoms with van der Waals surface area (Å²) < 4.78 is 17.0. The third-order valence-electron chi connectivity index (χ3n) is 6.15. The minimum atomic E-state index is 0. The normalized spacial score (nSPS) is 19.2. The number of aryl methyl sites for hydroxylation is 1. The average Bonchev–Trinajstić information content (AvgIpc) is 3.20. The highest BCUT2D eigenvalue weighted by atomic mass is 127. The second kappa shape index (κ2) is 12.7. The standard InChI is InChI=1S/C25H40N4O3.HI/c1-25(2,3)23-17(9-8-12-32-23)16-28-24(26-4)27-11-7-10-18-13-20-21(29-18)14-19(30-5)15-22(20)31-6;/h13-15,17,23,29H,7-12,16H2,1-6H3,(H2,26,27,28);1H. The predicted octanol–water partition coefficient (Wildman–Crippen LogP) is 4.74. The lowest BCUT2D eigenvalue weighted by Crippen LogP contribution is -2.47. The summed E-state index contributed by atoms with van der Waals surface area (Å²) in [5, 5.41) is 8.04. The molecule has 0 aliphatic carbocycles. The first-order valence-corrected chi connectivity index (χ1v) is 11.7. The summed E-state index contributed by atoms with van der Waals surface area (Å²) in [5.74, 6) is 2.97. The molecule has 0 saturated carbocycles. The molecule has 3 N–H and O–H groups in total. The molecular formula is C25H41IN4O3. The van der Waals surface area contributed by atoms with Gasteiger partial charge in [0.05, 0.1) is 25.8 Å². The molecule has 2 unspecified atom stereocenters. The maximum Gasteiger partial charge on any atom is 0.190 e. The molecule has 1 aromatic heterocycles. The van der Waals surface area contributed by atoms with Gasteiger partial charge in [0.25, 0.3) is 0 Å². The number of guanidine groups is 1. The van der Waals surface area contributed by atoms with Crippen LogP contribution in [0.1, 0.15) is 45.7 Å². The quantitative estimate of drug-likeness (QED) is 0.184. The highest BCUT2D eigenvalue weighted by Crippen LogP contribution is 2.34. The number of rotatable bonds is 8. The van der Waals surface area contributed by atoms with Crippen LogP contribution < -0.4 is 20.1 Å². The Morgan fingerprint density at radius 3 is 2.64 bits per heavy atom. The van der Waals surface area contributed by atoms with Crippen LogP contribution in [0.5, 0.6) is 11.5 Å². The Hall–Kier alpha value is -1.68. The fraction of sp³-hybridized carbons (Fsp3) is 0.640. The number of nitrogens with one attached hydrogen (secondary N) is 3. The summed E-state index contributed by atoms with van der Waals surface area (Å²) in [5.41, 5.74) is 2.36. The van der Waals surface area contributed by atoms with Crippen molar-refractivity contribution in [3.05, 3.63) is 23.9 Å². The van der Waals surface area contributed by atoms with Crippen LogP contribution in [0.15, 0.2) is 23.2 Å². The van der Waals surface area contributed by atoms with Gasteiger partial charge in [0, 0.05) is 55.9 Å². The molecule has 0 spiro atoms. The first-order chi connectivity index (χ1) is 15.4. The van der Waals surface area contributed by atoms with Crippen molar-refractivity contribution in [2.24, 2.45) is 16.3 Å². The van der Waals surface area contributed by atoms with E-state index in [1.54, 1.807) is 14.2 Å². The molecule has 1 fully saturated rings. The minimum absolute atomic E-state index is 0. The SMILES string of the molecule is CN=C(NCCCc1cc2c(OC)cc(OC)cc2[nH]1)NCC1CCCOC1C(C)(C)C.I. The van der Waals surface area contributed by atoms with Crippen molar-refractivity contribution < 1.29 is 14.2 Å². The van der Waals surface area contributed by atoms with Gasteiger partial charge in [-0.2, -0.15) is 0 Å². The van der Waals surface area contributed by atoms with E-state index in [1.165, 1.54) is 12.1 Å². The van der Waals surface area contributed by atoms with Crippen molar-refractivity contribution in [3.8, 4) is 11.5 Å². The average molecular weight is 573 g/mol. The van der Waals surface area contributed by atoms with E-state index < -0.39 is 0 Å². The topological polar surface area (TPSA) is 79.9 Å². The van der Waals surface area contributed by atoms with Gasteiger partial charge in [-0.1, -0.05) is 20.8 Å². The van der Waals surface area contributed by atoms with E-state index in [0.29, 0.717) is 5.92 Å². The Morgan fingerprint density at radius 1 is 1.18 bits per heavy atom. The molecule has 1 aliphatic heterocycles. The van der Waals surface area contributed by atoms with Gasteiger partial charge < -0.3 is 29.8 Å². The summed E-state index contributed by atoms with van der Waals surface area (Å²) in [6, 6.07) is 6.08. The maximum absolute atomic E-state index is 6.10. The van der Waals surface area contributed by atoms with Crippen molar-refractivity contribution >= 4 is 40.8 Å². The first kappa shape index (κ1) is 27.6. The maximum atomic E-state index is 6.10. The van der Waals surface area contributed by atoms with Gasteiger partial charge in [0.15, 0.2) is 5.96 Å². The molecule has 33 heavy (non-hydrogen) atoms. The number of fused-ring (bicyclic) bond motifs is 1. The fourth-order valence-corrected chi connectivity index (χ4v) is 4.60. The van der Waals surface area contributed by atoms with E-state index in [9.17, 15) is 0 Å². The molecule has 186 valence electrons. The lowest BCUT2D eigenvalue weighted by atomic mass is 9.78. The van der Waals surface area contributed by atoms with Crippen LogP contribution in [-0.2, 0) is 11.2 Å². The van der Waals surface area contributed by atoms with Crippen LogP contribution >= 0.6 is 24.0 Å². The summed E-state index contributed by atoms with van der Waals surface area (Å²) in [6.45, 7) is 9.39. The third-order valence-corrected chi connectivity index (χ3v) is 6.15. The van der Waals surface area contributed by atoms with Crippen LogP contribution in [-0.4, -0.2) is 58.0 Å². The molecule has 2 atom stereocenters. The molecule has 1 aliphatic rings. The second-order valence-corrected chi connectivity index (χ2v) is 9.63. The first-order valence-electron chi connectivity index (χ1n) is 11.7. The zero-order valence-corrected chi connectivity index (χ0v) is 23.2. The Balaban J connectivity index is 0.00000385. The fourth-order valence-electron chi connectivity index (χ4n) is 4.60. The summed E-state index contributed by atoms with van der Waals surface area (Å²) in [6.07, 6.45) is 4.53. The van der Waals surface area contributed by atoms with Crippen LogP contribution in [0, 0.1) is 11.3 Å². The number of hydrogen-bond acceptors (Lipinski definition) is 4. The Kier molecular flexibility index (Phi) is 10.6. The van der Waals surface area contributed by atoms with Crippen molar-refractivity contribution in [2.75, 3.05) is 41.0 Å². The molecule has 3 rings (SSSR count). The molecule has 2 heterocycles. The highest BCUT2D eigenvalue weighted by molar-refractivity contribution is 14.0. The van der Waals surface area contributed by atoms with Gasteiger partial charge in [-0.05, 0) is 37.2 Å². The lowest BCUT2D eigenvalue weighted by Gasteiger charge is -2.40. The van der Waals surface area contributed by atoms with E-state index in [1.807, 2.05) is 19.2 Å². The molecular weight excluding hydrogens is 531 g/mol. The number of aromatic amines is 1. The molecule has 0 amide bonds. The number of hydrogen-bond donors (Lipinski definition) is 3. The van der Waals surface area contributed by atoms with Crippen LogP contribution in [0.25, 0.3) is 10.9 Å². The minimum Gasteiger partial charge on any atom is -0.497 e. The lowest BCUT2D eigenvalue weighted by molar-refractivity contribution is -0.0835. The number of aliphatic imine (C=N–C) groups is 1. The molecule has 0 bridgehead atoms. The zero-order chi connectivity index (χ0) is 23.1. The predicted molar refractivity (Wildman–Crippen MR) is 146 cm³/mol. The van der Waals surface area contributed by atoms with E-state index in [0.717, 1.165) is 67.3 Å². The van der Waals surface area contributed by atoms with Crippen molar-refractivity contribution in [1.82, 2.24) is 15.6 Å². The zero-order valence-electron chi connectivity index (χ0n) is 20.9. The van der Waals surface area contributed by atoms with Gasteiger partial charge in [0.1, 0.15) is 11.5 Å². The molecule has 7 nitrogen and oxygen atoms in total. The monoisotopic (exact) mass is 572 g/mol. The highest BCUT2D eigenvalue weighted by Gasteiger charge is 2.35.